The number of anilines is 2. The molecule has 0 fully saturated rings. The van der Waals surface area contributed by atoms with Gasteiger partial charge in [-0.2, -0.15) is 0 Å². The summed E-state index contributed by atoms with van der Waals surface area (Å²) in [6, 6.07) is 10.6. The first-order valence-electron chi connectivity index (χ1n) is 10.4. The Morgan fingerprint density at radius 2 is 1.61 bits per heavy atom. The van der Waals surface area contributed by atoms with Gasteiger partial charge in [0.25, 0.3) is 0 Å². The number of nitrogens with zero attached hydrogens (tertiary/aromatic N) is 1. The van der Waals surface area contributed by atoms with Crippen LogP contribution >= 0.6 is 0 Å². The molecule has 7 nitrogen and oxygen atoms in total. The predicted molar refractivity (Wildman–Crippen MR) is 129 cm³/mol. The van der Waals surface area contributed by atoms with Gasteiger partial charge in [-0.05, 0) is 76.1 Å². The molecule has 0 saturated carbocycles. The second kappa shape index (κ2) is 11.2. The van der Waals surface area contributed by atoms with Crippen molar-refractivity contribution < 1.29 is 23.0 Å². The molecule has 0 unspecified atom stereocenters. The second-order valence-electron chi connectivity index (χ2n) is 8.78. The van der Waals surface area contributed by atoms with Gasteiger partial charge in [0.1, 0.15) is 23.9 Å². The van der Waals surface area contributed by atoms with E-state index in [-0.39, 0.29) is 12.5 Å². The summed E-state index contributed by atoms with van der Waals surface area (Å²) in [6.07, 6.45) is 0. The predicted octanol–water partition coefficient (Wildman–Crippen LogP) is 3.08. The van der Waals surface area contributed by atoms with Gasteiger partial charge in [0, 0.05) is 27.7 Å². The highest BCUT2D eigenvalue weighted by Gasteiger charge is 2.25. The first-order valence-corrected chi connectivity index (χ1v) is 11.9. The van der Waals surface area contributed by atoms with Crippen molar-refractivity contribution in [1.29, 1.82) is 0 Å². The monoisotopic (exact) mass is 475 g/mol. The lowest BCUT2D eigenvalue weighted by Crippen LogP contribution is -2.48. The van der Waals surface area contributed by atoms with Gasteiger partial charge in [0.2, 0.25) is 17.7 Å². The average Bonchev–Trinajstić information content (AvgIpc) is 2.68. The van der Waals surface area contributed by atoms with Crippen LogP contribution in [0.4, 0.5) is 15.8 Å². The minimum atomic E-state index is -1.81. The van der Waals surface area contributed by atoms with Gasteiger partial charge in [-0.15, -0.1) is 0 Å². The van der Waals surface area contributed by atoms with Gasteiger partial charge >= 0.3 is 0 Å². The number of hydrogen-bond donors (Lipinski definition) is 2. The Morgan fingerprint density at radius 1 is 0.970 bits per heavy atom. The Balaban J connectivity index is 2.12. The van der Waals surface area contributed by atoms with Gasteiger partial charge in [0.15, 0.2) is 0 Å². The van der Waals surface area contributed by atoms with E-state index in [4.69, 9.17) is 0 Å². The number of halogens is 1. The molecule has 9 heteroatoms. The zero-order valence-corrected chi connectivity index (χ0v) is 20.3. The molecule has 178 valence electrons. The van der Waals surface area contributed by atoms with Crippen LogP contribution in [-0.2, 0) is 25.2 Å². The smallest absolute Gasteiger partial charge is 0.240 e. The fraction of sp³-hybridized carbons (Fsp3) is 0.375. The normalized spacial score (nSPS) is 12.1. The number of aryl methyl sites for hydroxylation is 1. The van der Waals surface area contributed by atoms with E-state index in [2.05, 4.69) is 10.6 Å². The van der Waals surface area contributed by atoms with Gasteiger partial charge < -0.3 is 15.5 Å². The molecule has 0 bridgehead atoms. The number of hydrogen-bond acceptors (Lipinski definition) is 4. The topological polar surface area (TPSA) is 95.6 Å². The highest BCUT2D eigenvalue weighted by molar-refractivity contribution is 7.86. The lowest BCUT2D eigenvalue weighted by molar-refractivity contribution is -0.124. The summed E-state index contributed by atoms with van der Waals surface area (Å²) < 4.78 is 25.5. The Morgan fingerprint density at radius 3 is 2.21 bits per heavy atom. The molecule has 0 aromatic heterocycles. The number of carbonyl (C=O) groups excluding carboxylic acids is 3. The first-order chi connectivity index (χ1) is 15.4. The van der Waals surface area contributed by atoms with E-state index in [0.717, 1.165) is 11.1 Å². The third kappa shape index (κ3) is 8.42. The van der Waals surface area contributed by atoms with Crippen molar-refractivity contribution >= 4 is 39.9 Å². The van der Waals surface area contributed by atoms with E-state index in [9.17, 15) is 23.0 Å². The molecule has 3 amide bonds. The molecular formula is C24H30FN3O4S. The summed E-state index contributed by atoms with van der Waals surface area (Å²) in [5.41, 5.74) is 2.21. The van der Waals surface area contributed by atoms with E-state index in [1.165, 1.54) is 29.2 Å². The third-order valence-electron chi connectivity index (χ3n) is 4.69. The molecule has 2 aromatic rings. The molecule has 0 radical (unpaired) electrons. The molecule has 0 aliphatic rings. The first kappa shape index (κ1) is 26.2. The van der Waals surface area contributed by atoms with Crippen molar-refractivity contribution in [3.05, 3.63) is 59.4 Å². The van der Waals surface area contributed by atoms with Crippen LogP contribution in [0.15, 0.2) is 42.5 Å². The average molecular weight is 476 g/mol. The van der Waals surface area contributed by atoms with Crippen LogP contribution in [0.25, 0.3) is 0 Å². The van der Waals surface area contributed by atoms with Crippen molar-refractivity contribution in [2.75, 3.05) is 28.3 Å². The third-order valence-corrected chi connectivity index (χ3v) is 5.84. The molecule has 2 rings (SSSR count). The number of rotatable bonds is 8. The van der Waals surface area contributed by atoms with E-state index < -0.39 is 45.5 Å². The highest BCUT2D eigenvalue weighted by Crippen LogP contribution is 2.23. The van der Waals surface area contributed by atoms with Crippen molar-refractivity contribution in [2.24, 2.45) is 0 Å². The zero-order valence-electron chi connectivity index (χ0n) is 19.5. The van der Waals surface area contributed by atoms with Crippen LogP contribution in [0.2, 0.25) is 0 Å². The summed E-state index contributed by atoms with van der Waals surface area (Å²) in [6.45, 7) is 9.02. The van der Waals surface area contributed by atoms with Gasteiger partial charge in [-0.1, -0.05) is 12.1 Å². The van der Waals surface area contributed by atoms with Crippen LogP contribution in [-0.4, -0.2) is 45.5 Å². The standard InChI is InChI=1S/C24H30FN3O4S/c1-16-7-6-8-20(17(16)2)28(13-21(29)27-24(3,4)5)23(31)15-33(32)14-22(30)26-19-11-9-18(25)10-12-19/h6-12H,13-15H2,1-5H3,(H,26,30)(H,27,29)/t33-/m1/s1. The maximum absolute atomic E-state index is 13.1. The molecule has 2 aromatic carbocycles. The molecule has 2 N–H and O–H groups in total. The largest absolute Gasteiger partial charge is 0.350 e. The second-order valence-corrected chi connectivity index (χ2v) is 10.2. The molecule has 0 aliphatic heterocycles. The lowest BCUT2D eigenvalue weighted by Gasteiger charge is -2.27. The van der Waals surface area contributed by atoms with E-state index in [1.54, 1.807) is 12.1 Å². The van der Waals surface area contributed by atoms with E-state index in [0.29, 0.717) is 11.4 Å². The molecule has 0 spiro atoms. The quantitative estimate of drug-likeness (QED) is 0.613. The van der Waals surface area contributed by atoms with E-state index >= 15 is 0 Å². The van der Waals surface area contributed by atoms with Crippen LogP contribution < -0.4 is 15.5 Å². The molecule has 0 saturated heterocycles. The number of benzene rings is 2. The zero-order chi connectivity index (χ0) is 24.8. The molecule has 0 aliphatic carbocycles. The maximum atomic E-state index is 13.1. The summed E-state index contributed by atoms with van der Waals surface area (Å²) in [4.78, 5) is 39.1. The Kier molecular flexibility index (Phi) is 8.87. The number of carbonyl (C=O) groups is 3. The van der Waals surface area contributed by atoms with E-state index in [1.807, 2.05) is 40.7 Å². The molecule has 0 heterocycles. The Hall–Kier alpha value is -3.07. The summed E-state index contributed by atoms with van der Waals surface area (Å²) in [5.74, 6) is -2.71. The minimum Gasteiger partial charge on any atom is -0.350 e. The van der Waals surface area contributed by atoms with Crippen molar-refractivity contribution in [3.8, 4) is 0 Å². The Bertz CT molecular complexity index is 1050. The number of amides is 3. The van der Waals surface area contributed by atoms with Crippen molar-refractivity contribution in [3.63, 3.8) is 0 Å². The summed E-state index contributed by atoms with van der Waals surface area (Å²) in [5, 5.41) is 5.35. The molecular weight excluding hydrogens is 445 g/mol. The van der Waals surface area contributed by atoms with Gasteiger partial charge in [-0.25, -0.2) is 4.39 Å². The van der Waals surface area contributed by atoms with Gasteiger partial charge in [-0.3, -0.25) is 18.6 Å². The lowest BCUT2D eigenvalue weighted by atomic mass is 10.1. The maximum Gasteiger partial charge on any atom is 0.240 e. The summed E-state index contributed by atoms with van der Waals surface area (Å²) >= 11 is 0. The fourth-order valence-corrected chi connectivity index (χ4v) is 3.98. The van der Waals surface area contributed by atoms with Crippen LogP contribution in [0.3, 0.4) is 0 Å². The number of nitrogens with one attached hydrogen (secondary N) is 2. The minimum absolute atomic E-state index is 0.237. The van der Waals surface area contributed by atoms with Crippen LogP contribution in [0, 0.1) is 19.7 Å². The Labute approximate surface area is 196 Å². The van der Waals surface area contributed by atoms with Gasteiger partial charge in [0.05, 0.1) is 0 Å². The van der Waals surface area contributed by atoms with Crippen molar-refractivity contribution in [2.45, 2.75) is 40.2 Å². The van der Waals surface area contributed by atoms with Crippen LogP contribution in [0.5, 0.6) is 0 Å². The van der Waals surface area contributed by atoms with Crippen molar-refractivity contribution in [1.82, 2.24) is 5.32 Å². The SMILES string of the molecule is Cc1cccc(N(CC(=O)NC(C)(C)C)C(=O)C[S@](=O)CC(=O)Nc2ccc(F)cc2)c1C. The summed E-state index contributed by atoms with van der Waals surface area (Å²) in [7, 11) is -1.81. The van der Waals surface area contributed by atoms with Crippen LogP contribution in [0.1, 0.15) is 31.9 Å². The fourth-order valence-electron chi connectivity index (χ4n) is 3.08. The molecule has 33 heavy (non-hydrogen) atoms. The highest BCUT2D eigenvalue weighted by atomic mass is 32.2. The molecule has 1 atom stereocenters.